The van der Waals surface area contributed by atoms with Gasteiger partial charge < -0.3 is 11.5 Å². The summed E-state index contributed by atoms with van der Waals surface area (Å²) >= 11 is 0. The highest BCUT2D eigenvalue weighted by Gasteiger charge is 2.19. The Hall–Kier alpha value is -1.78. The van der Waals surface area contributed by atoms with Crippen LogP contribution in [0.3, 0.4) is 0 Å². The molecule has 1 aliphatic rings. The summed E-state index contributed by atoms with van der Waals surface area (Å²) in [5.41, 5.74) is 14.3. The van der Waals surface area contributed by atoms with Crippen molar-refractivity contribution in [3.05, 3.63) is 59.4 Å². The van der Waals surface area contributed by atoms with Crippen molar-refractivity contribution in [2.75, 3.05) is 0 Å². The summed E-state index contributed by atoms with van der Waals surface area (Å²) in [7, 11) is 0. The number of hydrazine groups is 1. The van der Waals surface area contributed by atoms with Crippen LogP contribution in [0.1, 0.15) is 5.56 Å². The van der Waals surface area contributed by atoms with Crippen molar-refractivity contribution in [3.8, 4) is 0 Å². The highest BCUT2D eigenvalue weighted by Crippen LogP contribution is 2.16. The number of allylic oxidation sites excluding steroid dienone is 3. The molecule has 1 unspecified atom stereocenters. The molecule has 1 aromatic carbocycles. The largest absolute Gasteiger partial charge is 0.399 e. The molecule has 84 valence electrons. The van der Waals surface area contributed by atoms with E-state index in [0.717, 1.165) is 12.1 Å². The van der Waals surface area contributed by atoms with Gasteiger partial charge in [-0.1, -0.05) is 30.3 Å². The molecule has 4 heteroatoms. The third-order valence-electron chi connectivity index (χ3n) is 2.67. The molecule has 1 aliphatic heterocycles. The van der Waals surface area contributed by atoms with Gasteiger partial charge in [-0.2, -0.15) is 0 Å². The van der Waals surface area contributed by atoms with Gasteiger partial charge in [0.15, 0.2) is 0 Å². The second-order valence-corrected chi connectivity index (χ2v) is 3.84. The molecule has 0 aromatic heterocycles. The van der Waals surface area contributed by atoms with Crippen LogP contribution in [0.2, 0.25) is 0 Å². The van der Waals surface area contributed by atoms with Gasteiger partial charge in [-0.3, -0.25) is 5.01 Å². The summed E-state index contributed by atoms with van der Waals surface area (Å²) in [6, 6.07) is 10.1. The van der Waals surface area contributed by atoms with Crippen molar-refractivity contribution in [2.45, 2.75) is 12.6 Å². The monoisotopic (exact) mass is 216 g/mol. The van der Waals surface area contributed by atoms with Crippen LogP contribution in [0.15, 0.2) is 53.9 Å². The molecule has 4 nitrogen and oxygen atoms in total. The molecule has 1 aromatic rings. The molecule has 0 spiro atoms. The smallest absolute Gasteiger partial charge is 0.132 e. The number of hydrogen-bond donors (Lipinski definition) is 3. The van der Waals surface area contributed by atoms with E-state index in [0.29, 0.717) is 5.70 Å². The van der Waals surface area contributed by atoms with Crippen molar-refractivity contribution in [3.63, 3.8) is 0 Å². The molecule has 16 heavy (non-hydrogen) atoms. The van der Waals surface area contributed by atoms with E-state index in [1.165, 1.54) is 10.6 Å². The van der Waals surface area contributed by atoms with Crippen molar-refractivity contribution in [2.24, 2.45) is 17.3 Å². The van der Waals surface area contributed by atoms with Gasteiger partial charge in [0.25, 0.3) is 0 Å². The molecule has 0 aliphatic carbocycles. The second kappa shape index (κ2) is 4.38. The Morgan fingerprint density at radius 2 is 1.81 bits per heavy atom. The fraction of sp³-hybridized carbons (Fsp3) is 0.167. The maximum atomic E-state index is 5.88. The van der Waals surface area contributed by atoms with E-state index in [4.69, 9.17) is 17.3 Å². The molecule has 0 fully saturated rings. The molecular weight excluding hydrogens is 200 g/mol. The van der Waals surface area contributed by atoms with Crippen LogP contribution in [0.5, 0.6) is 0 Å². The van der Waals surface area contributed by atoms with E-state index >= 15 is 0 Å². The molecule has 1 atom stereocenters. The lowest BCUT2D eigenvalue weighted by atomic mass is 10.1. The third kappa shape index (κ3) is 2.08. The van der Waals surface area contributed by atoms with E-state index in [-0.39, 0.29) is 0 Å². The molecule has 0 saturated heterocycles. The van der Waals surface area contributed by atoms with Crippen LogP contribution in [-0.2, 0) is 6.42 Å². The van der Waals surface area contributed by atoms with Gasteiger partial charge in [-0.25, -0.2) is 5.84 Å². The molecule has 0 bridgehead atoms. The quantitative estimate of drug-likeness (QED) is 0.626. The molecule has 0 amide bonds. The van der Waals surface area contributed by atoms with Crippen molar-refractivity contribution in [1.29, 1.82) is 0 Å². The second-order valence-electron chi connectivity index (χ2n) is 3.84. The van der Waals surface area contributed by atoms with E-state index in [2.05, 4.69) is 12.1 Å². The maximum absolute atomic E-state index is 5.88. The van der Waals surface area contributed by atoms with Crippen molar-refractivity contribution >= 4 is 0 Å². The third-order valence-corrected chi connectivity index (χ3v) is 2.67. The van der Waals surface area contributed by atoms with Gasteiger partial charge in [0.05, 0.1) is 0 Å². The summed E-state index contributed by atoms with van der Waals surface area (Å²) in [6.07, 6.45) is 4.05. The maximum Gasteiger partial charge on any atom is 0.132 e. The minimum Gasteiger partial charge on any atom is -0.399 e. The highest BCUT2D eigenvalue weighted by atomic mass is 15.5. The first-order chi connectivity index (χ1) is 7.68. The lowest BCUT2D eigenvalue weighted by Gasteiger charge is -2.31. The molecule has 1 heterocycles. The van der Waals surface area contributed by atoms with E-state index in [1.54, 1.807) is 0 Å². The highest BCUT2D eigenvalue weighted by molar-refractivity contribution is 5.29. The Morgan fingerprint density at radius 3 is 2.50 bits per heavy atom. The topological polar surface area (TPSA) is 81.3 Å². The van der Waals surface area contributed by atoms with Crippen LogP contribution < -0.4 is 17.3 Å². The van der Waals surface area contributed by atoms with Crippen LogP contribution in [0.25, 0.3) is 0 Å². The molecule has 2 rings (SSSR count). The van der Waals surface area contributed by atoms with Gasteiger partial charge in [-0.05, 0) is 17.7 Å². The van der Waals surface area contributed by atoms with Gasteiger partial charge in [0.1, 0.15) is 6.17 Å². The predicted octanol–water partition coefficient (Wildman–Crippen LogP) is 0.430. The number of benzene rings is 1. The van der Waals surface area contributed by atoms with Crippen molar-refractivity contribution in [1.82, 2.24) is 5.01 Å². The Labute approximate surface area is 95.0 Å². The summed E-state index contributed by atoms with van der Waals surface area (Å²) in [4.78, 5) is 0. The first-order valence-electron chi connectivity index (χ1n) is 5.18. The Kier molecular flexibility index (Phi) is 2.94. The van der Waals surface area contributed by atoms with Gasteiger partial charge >= 0.3 is 0 Å². The minimum atomic E-state index is -0.427. The lowest BCUT2D eigenvalue weighted by molar-refractivity contribution is 0.283. The average Bonchev–Trinajstić information content (AvgIpc) is 2.31. The fourth-order valence-corrected chi connectivity index (χ4v) is 1.67. The van der Waals surface area contributed by atoms with Crippen LogP contribution >= 0.6 is 0 Å². The van der Waals surface area contributed by atoms with Crippen LogP contribution in [0, 0.1) is 0 Å². The fourth-order valence-electron chi connectivity index (χ4n) is 1.67. The Bertz CT molecular complexity index is 422. The molecule has 0 radical (unpaired) electrons. The molecule has 6 N–H and O–H groups in total. The zero-order chi connectivity index (χ0) is 11.5. The summed E-state index contributed by atoms with van der Waals surface area (Å²) in [5.74, 6) is 5.88. The molecule has 0 saturated carbocycles. The Balaban J connectivity index is 2.17. The Morgan fingerprint density at radius 1 is 1.12 bits per heavy atom. The van der Waals surface area contributed by atoms with E-state index in [1.807, 2.05) is 30.4 Å². The standard InChI is InChI=1S/C12H16N4/c13-11-7-6-10(16(15)12(11)14)8-9-4-2-1-3-5-9/h1-7,12H,8,13-15H2. The number of hydrogen-bond acceptors (Lipinski definition) is 4. The number of nitrogens with zero attached hydrogens (tertiary/aromatic N) is 1. The van der Waals surface area contributed by atoms with Crippen molar-refractivity contribution < 1.29 is 0 Å². The predicted molar refractivity (Wildman–Crippen MR) is 64.5 cm³/mol. The first kappa shape index (κ1) is 10.7. The van der Waals surface area contributed by atoms with Crippen LogP contribution in [0.4, 0.5) is 0 Å². The SMILES string of the molecule is NC1=CC=C(Cc2ccccc2)N(N)C1N. The van der Waals surface area contributed by atoms with Gasteiger partial charge in [-0.15, -0.1) is 0 Å². The average molecular weight is 216 g/mol. The summed E-state index contributed by atoms with van der Waals surface area (Å²) in [5, 5.41) is 1.52. The number of rotatable bonds is 2. The van der Waals surface area contributed by atoms with Crippen LogP contribution in [-0.4, -0.2) is 11.2 Å². The normalized spacial score (nSPS) is 20.4. The van der Waals surface area contributed by atoms with Gasteiger partial charge in [0, 0.05) is 17.8 Å². The zero-order valence-electron chi connectivity index (χ0n) is 9.01. The first-order valence-corrected chi connectivity index (χ1v) is 5.18. The summed E-state index contributed by atoms with van der Waals surface area (Å²) < 4.78 is 0. The summed E-state index contributed by atoms with van der Waals surface area (Å²) in [6.45, 7) is 0. The van der Waals surface area contributed by atoms with E-state index < -0.39 is 6.17 Å². The number of nitrogens with two attached hydrogens (primary N) is 3. The van der Waals surface area contributed by atoms with E-state index in [9.17, 15) is 0 Å². The molecular formula is C12H16N4. The lowest BCUT2D eigenvalue weighted by Crippen LogP contribution is -2.50. The van der Waals surface area contributed by atoms with Gasteiger partial charge in [0.2, 0.25) is 0 Å². The minimum absolute atomic E-state index is 0.427. The zero-order valence-corrected chi connectivity index (χ0v) is 9.01.